The minimum absolute atomic E-state index is 0.0565. The van der Waals surface area contributed by atoms with E-state index in [1.165, 1.54) is 36.4 Å². The fraction of sp³-hybridized carbons (Fsp3) is 0.130. The third-order valence-corrected chi connectivity index (χ3v) is 6.23. The van der Waals surface area contributed by atoms with Gasteiger partial charge in [0.1, 0.15) is 6.04 Å². The van der Waals surface area contributed by atoms with E-state index in [2.05, 4.69) is 4.72 Å². The summed E-state index contributed by atoms with van der Waals surface area (Å²) in [6, 6.07) is 18.9. The number of benzene rings is 3. The topological polar surface area (TPSA) is 130 Å². The average molecular weight is 454 g/mol. The molecule has 0 aliphatic rings. The van der Waals surface area contributed by atoms with Crippen LogP contribution in [0.5, 0.6) is 0 Å². The Morgan fingerprint density at radius 2 is 1.56 bits per heavy atom. The lowest BCUT2D eigenvalue weighted by Gasteiger charge is -2.27. The Hall–Kier alpha value is -3.85. The number of nitrogens with zero attached hydrogens (tertiary/aromatic N) is 1. The molecule has 0 spiro atoms. The number of aliphatic carboxylic acids is 1. The molecule has 0 saturated heterocycles. The lowest BCUT2D eigenvalue weighted by Crippen LogP contribution is -2.49. The number of nitrogens with two attached hydrogens (primary N) is 1. The minimum atomic E-state index is -3.80. The lowest BCUT2D eigenvalue weighted by atomic mass is 10.0. The summed E-state index contributed by atoms with van der Waals surface area (Å²) in [6.07, 6.45) is 0.0565. The fourth-order valence-electron chi connectivity index (χ4n) is 3.21. The summed E-state index contributed by atoms with van der Waals surface area (Å²) in [5.74, 6) is -1.21. The van der Waals surface area contributed by atoms with Gasteiger partial charge in [0.05, 0.1) is 4.90 Å². The van der Waals surface area contributed by atoms with E-state index in [4.69, 9.17) is 5.73 Å². The van der Waals surface area contributed by atoms with Crippen molar-refractivity contribution in [2.24, 2.45) is 5.73 Å². The van der Waals surface area contributed by atoms with Crippen LogP contribution >= 0.6 is 0 Å². The molecule has 8 nitrogen and oxygen atoms in total. The Morgan fingerprint density at radius 1 is 0.969 bits per heavy atom. The van der Waals surface area contributed by atoms with Crippen LogP contribution in [0.15, 0.2) is 83.8 Å². The van der Waals surface area contributed by atoms with E-state index in [-0.39, 0.29) is 22.7 Å². The Bertz CT molecular complexity index is 1190. The van der Waals surface area contributed by atoms with Crippen LogP contribution in [-0.4, -0.2) is 31.6 Å². The number of anilines is 2. The van der Waals surface area contributed by atoms with E-state index in [9.17, 15) is 23.1 Å². The second-order valence-electron chi connectivity index (χ2n) is 7.22. The largest absolute Gasteiger partial charge is 0.480 e. The molecule has 0 saturated carbocycles. The Labute approximate surface area is 186 Å². The SMILES string of the molecule is Cc1ccc(S(=O)(=O)Nc2ccc(N(C(N)=O)[C@H](Cc3ccccc3)C(=O)O)cc2)cc1. The molecule has 4 N–H and O–H groups in total. The number of urea groups is 1. The van der Waals surface area contributed by atoms with E-state index in [1.807, 2.05) is 13.0 Å². The summed E-state index contributed by atoms with van der Waals surface area (Å²) in [5, 5.41) is 9.73. The number of hydrogen-bond acceptors (Lipinski definition) is 4. The summed E-state index contributed by atoms with van der Waals surface area (Å²) >= 11 is 0. The van der Waals surface area contributed by atoms with Gasteiger partial charge in [0, 0.05) is 17.8 Å². The van der Waals surface area contributed by atoms with E-state index in [1.54, 1.807) is 36.4 Å². The van der Waals surface area contributed by atoms with Crippen molar-refractivity contribution in [1.29, 1.82) is 0 Å². The molecule has 3 aromatic carbocycles. The molecule has 0 aliphatic carbocycles. The highest BCUT2D eigenvalue weighted by Crippen LogP contribution is 2.24. The van der Waals surface area contributed by atoms with Gasteiger partial charge in [0.15, 0.2) is 0 Å². The number of primary amides is 1. The highest BCUT2D eigenvalue weighted by atomic mass is 32.2. The molecule has 32 heavy (non-hydrogen) atoms. The predicted molar refractivity (Wildman–Crippen MR) is 122 cm³/mol. The number of carbonyl (C=O) groups excluding carboxylic acids is 1. The standard InChI is InChI=1S/C23H23N3O5S/c1-16-7-13-20(14-8-16)32(30,31)25-18-9-11-19(12-10-18)26(23(24)29)21(22(27)28)15-17-5-3-2-4-6-17/h2-14,21,25H,15H2,1H3,(H2,24,29)(H,27,28)/t21-/m1/s1. The average Bonchev–Trinajstić information content (AvgIpc) is 2.75. The second kappa shape index (κ2) is 9.52. The maximum atomic E-state index is 12.6. The minimum Gasteiger partial charge on any atom is -0.480 e. The lowest BCUT2D eigenvalue weighted by molar-refractivity contribution is -0.138. The van der Waals surface area contributed by atoms with Crippen molar-refractivity contribution in [3.8, 4) is 0 Å². The molecule has 0 aromatic heterocycles. The number of sulfonamides is 1. The van der Waals surface area contributed by atoms with Gasteiger partial charge in [0.25, 0.3) is 10.0 Å². The molecule has 0 unspecified atom stereocenters. The summed E-state index contributed by atoms with van der Waals surface area (Å²) in [4.78, 5) is 25.1. The monoisotopic (exact) mass is 453 g/mol. The van der Waals surface area contributed by atoms with Crippen LogP contribution in [0.2, 0.25) is 0 Å². The van der Waals surface area contributed by atoms with Crippen LogP contribution in [0.4, 0.5) is 16.2 Å². The van der Waals surface area contributed by atoms with Gasteiger partial charge in [-0.1, -0.05) is 48.0 Å². The zero-order valence-corrected chi connectivity index (χ0v) is 18.1. The maximum Gasteiger partial charge on any atom is 0.327 e. The summed E-state index contributed by atoms with van der Waals surface area (Å²) in [6.45, 7) is 1.86. The van der Waals surface area contributed by atoms with Crippen molar-refractivity contribution in [3.05, 3.63) is 90.0 Å². The number of carbonyl (C=O) groups is 2. The van der Waals surface area contributed by atoms with Gasteiger partial charge in [-0.25, -0.2) is 18.0 Å². The number of carboxylic acids is 1. The number of carboxylic acid groups (broad SMARTS) is 1. The van der Waals surface area contributed by atoms with Gasteiger partial charge in [-0.15, -0.1) is 0 Å². The highest BCUT2D eigenvalue weighted by Gasteiger charge is 2.30. The molecular formula is C23H23N3O5S. The van der Waals surface area contributed by atoms with Crippen LogP contribution in [0.3, 0.4) is 0 Å². The zero-order valence-electron chi connectivity index (χ0n) is 17.3. The van der Waals surface area contributed by atoms with Gasteiger partial charge in [0.2, 0.25) is 0 Å². The molecule has 0 radical (unpaired) electrons. The molecule has 0 heterocycles. The normalized spacial score (nSPS) is 12.0. The van der Waals surface area contributed by atoms with Gasteiger partial charge in [-0.2, -0.15) is 0 Å². The summed E-state index contributed by atoms with van der Waals surface area (Å²) in [7, 11) is -3.80. The number of aryl methyl sites for hydroxylation is 1. The van der Waals surface area contributed by atoms with Crippen LogP contribution in [0, 0.1) is 6.92 Å². The molecule has 0 bridgehead atoms. The molecule has 0 fully saturated rings. The van der Waals surface area contributed by atoms with Crippen LogP contribution < -0.4 is 15.4 Å². The van der Waals surface area contributed by atoms with Gasteiger partial charge < -0.3 is 10.8 Å². The van der Waals surface area contributed by atoms with E-state index < -0.39 is 28.1 Å². The molecule has 0 aliphatic heterocycles. The van der Waals surface area contributed by atoms with Crippen molar-refractivity contribution in [1.82, 2.24) is 0 Å². The fourth-order valence-corrected chi connectivity index (χ4v) is 4.27. The molecule has 166 valence electrons. The Morgan fingerprint density at radius 3 is 2.09 bits per heavy atom. The van der Waals surface area contributed by atoms with Gasteiger partial charge >= 0.3 is 12.0 Å². The first-order valence-corrected chi connectivity index (χ1v) is 11.2. The van der Waals surface area contributed by atoms with E-state index in [0.717, 1.165) is 16.0 Å². The Balaban J connectivity index is 1.84. The molecule has 2 amide bonds. The molecule has 3 rings (SSSR count). The van der Waals surface area contributed by atoms with Gasteiger partial charge in [-0.05, 0) is 48.9 Å². The van der Waals surface area contributed by atoms with Crippen molar-refractivity contribution in [2.45, 2.75) is 24.3 Å². The van der Waals surface area contributed by atoms with Crippen molar-refractivity contribution < 1.29 is 23.1 Å². The first-order chi connectivity index (χ1) is 15.2. The predicted octanol–water partition coefficient (Wildman–Crippen LogP) is 3.38. The van der Waals surface area contributed by atoms with Crippen LogP contribution in [0.1, 0.15) is 11.1 Å². The quantitative estimate of drug-likeness (QED) is 0.481. The number of nitrogens with one attached hydrogen (secondary N) is 1. The van der Waals surface area contributed by atoms with Crippen molar-refractivity contribution >= 4 is 33.4 Å². The molecule has 1 atom stereocenters. The molecule has 3 aromatic rings. The summed E-state index contributed by atoms with van der Waals surface area (Å²) in [5.41, 5.74) is 7.66. The number of amides is 2. The third kappa shape index (κ3) is 5.44. The van der Waals surface area contributed by atoms with Crippen molar-refractivity contribution in [2.75, 3.05) is 9.62 Å². The first kappa shape index (κ1) is 22.8. The molecular weight excluding hydrogens is 430 g/mol. The number of rotatable bonds is 8. The third-order valence-electron chi connectivity index (χ3n) is 4.84. The number of hydrogen-bond donors (Lipinski definition) is 3. The zero-order chi connectivity index (χ0) is 23.3. The maximum absolute atomic E-state index is 12.6. The van der Waals surface area contributed by atoms with Crippen LogP contribution in [0.25, 0.3) is 0 Å². The smallest absolute Gasteiger partial charge is 0.327 e. The Kier molecular flexibility index (Phi) is 6.79. The van der Waals surface area contributed by atoms with Crippen LogP contribution in [-0.2, 0) is 21.2 Å². The summed E-state index contributed by atoms with van der Waals surface area (Å²) < 4.78 is 27.6. The second-order valence-corrected chi connectivity index (χ2v) is 8.90. The van der Waals surface area contributed by atoms with Crippen molar-refractivity contribution in [3.63, 3.8) is 0 Å². The van der Waals surface area contributed by atoms with Gasteiger partial charge in [-0.3, -0.25) is 9.62 Å². The highest BCUT2D eigenvalue weighted by molar-refractivity contribution is 7.92. The molecule has 9 heteroatoms. The van der Waals surface area contributed by atoms with E-state index in [0.29, 0.717) is 0 Å². The first-order valence-electron chi connectivity index (χ1n) is 9.72. The van der Waals surface area contributed by atoms with E-state index >= 15 is 0 Å².